The summed E-state index contributed by atoms with van der Waals surface area (Å²) in [5, 5.41) is 0. The van der Waals surface area contributed by atoms with E-state index in [0.29, 0.717) is 0 Å². The molecule has 0 unspecified atom stereocenters. The van der Waals surface area contributed by atoms with Crippen molar-refractivity contribution in [2.45, 2.75) is 26.4 Å². The molecule has 0 aliphatic rings. The number of ketones is 1. The third kappa shape index (κ3) is 6.84. The number of carbonyl (C=O) groups is 1. The topological polar surface area (TPSA) is 26.3 Å². The maximum Gasteiger partial charge on any atom is 0.181 e. The summed E-state index contributed by atoms with van der Waals surface area (Å²) >= 11 is 0. The Bertz CT molecular complexity index is 172. The Morgan fingerprint density at radius 1 is 1.45 bits per heavy atom. The second-order valence-corrected chi connectivity index (χ2v) is 3.14. The molecule has 0 aromatic carbocycles. The summed E-state index contributed by atoms with van der Waals surface area (Å²) < 4.78 is 5.15. The van der Waals surface area contributed by atoms with Gasteiger partial charge in [0, 0.05) is 6.08 Å². The van der Waals surface area contributed by atoms with Crippen LogP contribution in [0.3, 0.4) is 0 Å². The first-order valence-corrected chi connectivity index (χ1v) is 3.46. The van der Waals surface area contributed by atoms with Crippen LogP contribution in [0, 0.1) is 0 Å². The molecule has 0 saturated heterocycles. The second kappa shape index (κ2) is 3.96. The van der Waals surface area contributed by atoms with Crippen LogP contribution in [0.25, 0.3) is 0 Å². The molecule has 0 spiro atoms. The minimum atomic E-state index is -0.238. The third-order valence-corrected chi connectivity index (χ3v) is 0.855. The van der Waals surface area contributed by atoms with E-state index in [1.54, 1.807) is 0 Å². The lowest BCUT2D eigenvalue weighted by Crippen LogP contribution is -2.15. The van der Waals surface area contributed by atoms with E-state index in [-0.39, 0.29) is 11.4 Å². The fourth-order valence-corrected chi connectivity index (χ4v) is 0.373. The van der Waals surface area contributed by atoms with Crippen LogP contribution < -0.4 is 0 Å². The summed E-state index contributed by atoms with van der Waals surface area (Å²) in [5.74, 6) is -0.144. The lowest BCUT2D eigenvalue weighted by molar-refractivity contribution is -0.110. The zero-order valence-electron chi connectivity index (χ0n) is 7.26. The Labute approximate surface area is 67.6 Å². The zero-order chi connectivity index (χ0) is 8.91. The molecule has 0 heterocycles. The van der Waals surface area contributed by atoms with Crippen molar-refractivity contribution in [2.24, 2.45) is 0 Å². The average Bonchev–Trinajstić information content (AvgIpc) is 1.85. The van der Waals surface area contributed by atoms with Gasteiger partial charge >= 0.3 is 0 Å². The monoisotopic (exact) mass is 154 g/mol. The van der Waals surface area contributed by atoms with Crippen molar-refractivity contribution < 1.29 is 9.53 Å². The van der Waals surface area contributed by atoms with Gasteiger partial charge in [0.05, 0.1) is 11.9 Å². The highest BCUT2D eigenvalue weighted by molar-refractivity contribution is 5.98. The van der Waals surface area contributed by atoms with Crippen molar-refractivity contribution >= 4 is 5.78 Å². The predicted octanol–water partition coefficient (Wildman–Crippen LogP) is 2.07. The quantitative estimate of drug-likeness (QED) is 0.459. The highest BCUT2D eigenvalue weighted by atomic mass is 16.5. The minimum absolute atomic E-state index is 0.144. The van der Waals surface area contributed by atoms with E-state index in [1.807, 2.05) is 20.8 Å². The maximum atomic E-state index is 10.6. The van der Waals surface area contributed by atoms with Crippen LogP contribution >= 0.6 is 0 Å². The molecule has 0 aliphatic carbocycles. The van der Waals surface area contributed by atoms with Crippen molar-refractivity contribution in [3.63, 3.8) is 0 Å². The van der Waals surface area contributed by atoms with E-state index in [4.69, 9.17) is 4.74 Å². The van der Waals surface area contributed by atoms with E-state index >= 15 is 0 Å². The summed E-state index contributed by atoms with van der Waals surface area (Å²) in [6, 6.07) is 0. The molecule has 0 fully saturated rings. The van der Waals surface area contributed by atoms with Crippen LogP contribution in [0.4, 0.5) is 0 Å². The summed E-state index contributed by atoms with van der Waals surface area (Å²) in [7, 11) is 0. The first-order valence-electron chi connectivity index (χ1n) is 3.46. The van der Waals surface area contributed by atoms with Crippen LogP contribution in [0.2, 0.25) is 0 Å². The zero-order valence-corrected chi connectivity index (χ0v) is 7.26. The minimum Gasteiger partial charge on any atom is -0.496 e. The summed E-state index contributed by atoms with van der Waals surface area (Å²) in [5.41, 5.74) is -0.238. The molecular weight excluding hydrogens is 140 g/mol. The normalized spacial score (nSPS) is 11.5. The van der Waals surface area contributed by atoms with E-state index in [0.717, 1.165) is 0 Å². The average molecular weight is 154 g/mol. The van der Waals surface area contributed by atoms with Crippen LogP contribution in [0.5, 0.6) is 0 Å². The molecular formula is C9H14O2. The van der Waals surface area contributed by atoms with Gasteiger partial charge in [-0.25, -0.2) is 0 Å². The lowest BCUT2D eigenvalue weighted by atomic mass is 10.2. The van der Waals surface area contributed by atoms with Gasteiger partial charge in [0.15, 0.2) is 5.78 Å². The Morgan fingerprint density at radius 3 is 2.36 bits per heavy atom. The van der Waals surface area contributed by atoms with Gasteiger partial charge in [0.25, 0.3) is 0 Å². The molecule has 0 radical (unpaired) electrons. The van der Waals surface area contributed by atoms with Gasteiger partial charge in [-0.05, 0) is 26.8 Å². The Morgan fingerprint density at radius 2 is 2.00 bits per heavy atom. The smallest absolute Gasteiger partial charge is 0.181 e. The summed E-state index contributed by atoms with van der Waals surface area (Å²) in [6.45, 7) is 9.06. The fraction of sp³-hybridized carbons (Fsp3) is 0.444. The molecule has 0 bridgehead atoms. The summed E-state index contributed by atoms with van der Waals surface area (Å²) in [6.07, 6.45) is 3.98. The van der Waals surface area contributed by atoms with Gasteiger partial charge in [-0.15, -0.1) is 0 Å². The maximum absolute atomic E-state index is 10.6. The van der Waals surface area contributed by atoms with Crippen molar-refractivity contribution in [1.29, 1.82) is 0 Å². The lowest BCUT2D eigenvalue weighted by Gasteiger charge is -2.17. The van der Waals surface area contributed by atoms with Crippen LogP contribution in [0.15, 0.2) is 25.0 Å². The van der Waals surface area contributed by atoms with Crippen LogP contribution in [-0.4, -0.2) is 11.4 Å². The molecule has 11 heavy (non-hydrogen) atoms. The van der Waals surface area contributed by atoms with E-state index in [1.165, 1.54) is 18.4 Å². The van der Waals surface area contributed by atoms with E-state index in [9.17, 15) is 4.79 Å². The highest BCUT2D eigenvalue weighted by Gasteiger charge is 2.07. The Balaban J connectivity index is 3.78. The number of carbonyl (C=O) groups excluding carboxylic acids is 1. The number of ether oxygens (including phenoxy) is 1. The second-order valence-electron chi connectivity index (χ2n) is 3.14. The molecule has 0 amide bonds. The SMILES string of the molecule is C=CC(=O)/C=C/OC(C)(C)C. The Kier molecular flexibility index (Phi) is 3.58. The molecule has 0 aromatic heterocycles. The molecule has 62 valence electrons. The molecule has 0 aromatic rings. The van der Waals surface area contributed by atoms with Gasteiger partial charge in [-0.2, -0.15) is 0 Å². The van der Waals surface area contributed by atoms with Crippen LogP contribution in [-0.2, 0) is 9.53 Å². The van der Waals surface area contributed by atoms with Gasteiger partial charge in [-0.1, -0.05) is 6.58 Å². The van der Waals surface area contributed by atoms with Crippen LogP contribution in [0.1, 0.15) is 20.8 Å². The first kappa shape index (κ1) is 9.95. The summed E-state index contributed by atoms with van der Waals surface area (Å²) in [4.78, 5) is 10.6. The fourth-order valence-electron chi connectivity index (χ4n) is 0.373. The number of hydrogen-bond donors (Lipinski definition) is 0. The van der Waals surface area contributed by atoms with Gasteiger partial charge in [-0.3, -0.25) is 4.79 Å². The van der Waals surface area contributed by atoms with Crippen molar-refractivity contribution in [2.75, 3.05) is 0 Å². The molecule has 0 saturated carbocycles. The van der Waals surface area contributed by atoms with E-state index in [2.05, 4.69) is 6.58 Å². The molecule has 0 N–H and O–H groups in total. The standard InChI is InChI=1S/C9H14O2/c1-5-8(10)6-7-11-9(2,3)4/h5-7H,1H2,2-4H3/b7-6+. The predicted molar refractivity (Wildman–Crippen MR) is 45.2 cm³/mol. The molecule has 2 heteroatoms. The van der Waals surface area contributed by atoms with Gasteiger partial charge in [0.2, 0.25) is 0 Å². The van der Waals surface area contributed by atoms with E-state index < -0.39 is 0 Å². The van der Waals surface area contributed by atoms with Gasteiger partial charge < -0.3 is 4.74 Å². The van der Waals surface area contributed by atoms with Gasteiger partial charge in [0.1, 0.15) is 0 Å². The van der Waals surface area contributed by atoms with Crippen molar-refractivity contribution in [1.82, 2.24) is 0 Å². The number of allylic oxidation sites excluding steroid dienone is 2. The van der Waals surface area contributed by atoms with Crippen molar-refractivity contribution in [3.05, 3.63) is 25.0 Å². The first-order chi connectivity index (χ1) is 4.95. The highest BCUT2D eigenvalue weighted by Crippen LogP contribution is 2.06. The number of hydrogen-bond acceptors (Lipinski definition) is 2. The molecule has 2 nitrogen and oxygen atoms in total. The van der Waals surface area contributed by atoms with Crippen molar-refractivity contribution in [3.8, 4) is 0 Å². The molecule has 0 rings (SSSR count). The number of rotatable bonds is 3. The Hall–Kier alpha value is -1.05. The largest absolute Gasteiger partial charge is 0.496 e. The molecule has 0 aliphatic heterocycles. The molecule has 0 atom stereocenters. The third-order valence-electron chi connectivity index (χ3n) is 0.855.